The Morgan fingerprint density at radius 1 is 1.50 bits per heavy atom. The first-order chi connectivity index (χ1) is 3.62. The highest BCUT2D eigenvalue weighted by Gasteiger charge is 2.14. The number of alkyl halides is 1. The molecule has 0 fully saturated rings. The molecule has 1 nitrogen and oxygen atoms in total. The Hall–Kier alpha value is 0.250. The van der Waals surface area contributed by atoms with Crippen molar-refractivity contribution in [1.82, 2.24) is 0 Å². The van der Waals surface area contributed by atoms with Gasteiger partial charge in [0.25, 0.3) is 0 Å². The monoisotopic (exact) mass is 136 g/mol. The van der Waals surface area contributed by atoms with E-state index in [9.17, 15) is 0 Å². The van der Waals surface area contributed by atoms with Crippen LogP contribution < -0.4 is 0 Å². The molecule has 0 atom stereocenters. The second-order valence-corrected chi connectivity index (χ2v) is 3.00. The standard InChI is InChI=1S/C6H13ClO/c1-6(2,4-7)5-8-3/h4-5H2,1-3H3. The van der Waals surface area contributed by atoms with E-state index in [4.69, 9.17) is 16.3 Å². The first-order valence-electron chi connectivity index (χ1n) is 2.67. The summed E-state index contributed by atoms with van der Waals surface area (Å²) in [5.74, 6) is 0.654. The summed E-state index contributed by atoms with van der Waals surface area (Å²) in [6.45, 7) is 4.88. The second kappa shape index (κ2) is 3.31. The van der Waals surface area contributed by atoms with Crippen LogP contribution in [-0.4, -0.2) is 19.6 Å². The van der Waals surface area contributed by atoms with Gasteiger partial charge in [0.15, 0.2) is 0 Å². The quantitative estimate of drug-likeness (QED) is 0.539. The molecule has 0 amide bonds. The van der Waals surface area contributed by atoms with Crippen molar-refractivity contribution < 1.29 is 4.74 Å². The third-order valence-corrected chi connectivity index (χ3v) is 1.62. The number of hydrogen-bond donors (Lipinski definition) is 0. The molecule has 2 heteroatoms. The Bertz CT molecular complexity index is 61.5. The maximum atomic E-state index is 5.59. The minimum Gasteiger partial charge on any atom is -0.384 e. The minimum atomic E-state index is 0.135. The van der Waals surface area contributed by atoms with Gasteiger partial charge < -0.3 is 4.74 Å². The van der Waals surface area contributed by atoms with Gasteiger partial charge in [-0.05, 0) is 0 Å². The molecule has 8 heavy (non-hydrogen) atoms. The van der Waals surface area contributed by atoms with Gasteiger partial charge in [-0.15, -0.1) is 11.6 Å². The van der Waals surface area contributed by atoms with Crippen LogP contribution in [0.25, 0.3) is 0 Å². The fraction of sp³-hybridized carbons (Fsp3) is 1.00. The van der Waals surface area contributed by atoms with Gasteiger partial charge in [-0.3, -0.25) is 0 Å². The molecule has 50 valence electrons. The van der Waals surface area contributed by atoms with E-state index < -0.39 is 0 Å². The zero-order valence-electron chi connectivity index (χ0n) is 5.70. The lowest BCUT2D eigenvalue weighted by Gasteiger charge is -2.18. The molecular formula is C6H13ClO. The van der Waals surface area contributed by atoms with Crippen LogP contribution in [0.15, 0.2) is 0 Å². The van der Waals surface area contributed by atoms with Gasteiger partial charge in [-0.1, -0.05) is 13.8 Å². The highest BCUT2D eigenvalue weighted by atomic mass is 35.5. The van der Waals surface area contributed by atoms with Crippen molar-refractivity contribution in [3.63, 3.8) is 0 Å². The fourth-order valence-electron chi connectivity index (χ4n) is 0.429. The summed E-state index contributed by atoms with van der Waals surface area (Å²) in [7, 11) is 1.69. The van der Waals surface area contributed by atoms with E-state index in [1.54, 1.807) is 7.11 Å². The summed E-state index contributed by atoms with van der Waals surface area (Å²) in [5, 5.41) is 0. The topological polar surface area (TPSA) is 9.23 Å². The third kappa shape index (κ3) is 3.28. The molecule has 0 radical (unpaired) electrons. The van der Waals surface area contributed by atoms with Crippen molar-refractivity contribution in [3.8, 4) is 0 Å². The Balaban J connectivity index is 3.37. The fourth-order valence-corrected chi connectivity index (χ4v) is 0.506. The minimum absolute atomic E-state index is 0.135. The zero-order valence-corrected chi connectivity index (χ0v) is 6.46. The zero-order chi connectivity index (χ0) is 6.62. The Labute approximate surface area is 56.0 Å². The summed E-state index contributed by atoms with van der Waals surface area (Å²) >= 11 is 5.59. The van der Waals surface area contributed by atoms with Crippen molar-refractivity contribution in [2.75, 3.05) is 19.6 Å². The predicted octanol–water partition coefficient (Wildman–Crippen LogP) is 1.90. The molecule has 0 aliphatic rings. The van der Waals surface area contributed by atoms with E-state index in [2.05, 4.69) is 13.8 Å². The molecule has 0 aromatic heterocycles. The van der Waals surface area contributed by atoms with Gasteiger partial charge in [0.2, 0.25) is 0 Å². The van der Waals surface area contributed by atoms with E-state index >= 15 is 0 Å². The summed E-state index contributed by atoms with van der Waals surface area (Å²) in [6.07, 6.45) is 0. The molecule has 0 aliphatic carbocycles. The SMILES string of the molecule is COCC(C)(C)CCl. The first-order valence-corrected chi connectivity index (χ1v) is 3.21. The van der Waals surface area contributed by atoms with E-state index in [1.165, 1.54) is 0 Å². The highest BCUT2D eigenvalue weighted by Crippen LogP contribution is 2.15. The van der Waals surface area contributed by atoms with Crippen LogP contribution in [0.1, 0.15) is 13.8 Å². The van der Waals surface area contributed by atoms with E-state index in [0.29, 0.717) is 5.88 Å². The molecule has 0 aromatic carbocycles. The molecule has 0 N–H and O–H groups in total. The lowest BCUT2D eigenvalue weighted by molar-refractivity contribution is 0.118. The molecule has 0 bridgehead atoms. The maximum Gasteiger partial charge on any atom is 0.0524 e. The van der Waals surface area contributed by atoms with Crippen LogP contribution in [0.5, 0.6) is 0 Å². The van der Waals surface area contributed by atoms with E-state index in [-0.39, 0.29) is 5.41 Å². The van der Waals surface area contributed by atoms with E-state index in [1.807, 2.05) is 0 Å². The van der Waals surface area contributed by atoms with E-state index in [0.717, 1.165) is 6.61 Å². The second-order valence-electron chi connectivity index (χ2n) is 2.73. The van der Waals surface area contributed by atoms with Crippen molar-refractivity contribution in [1.29, 1.82) is 0 Å². The van der Waals surface area contributed by atoms with Crippen molar-refractivity contribution in [3.05, 3.63) is 0 Å². The normalized spacial score (nSPS) is 12.0. The lowest BCUT2D eigenvalue weighted by Crippen LogP contribution is -2.19. The van der Waals surface area contributed by atoms with Gasteiger partial charge in [-0.2, -0.15) is 0 Å². The highest BCUT2D eigenvalue weighted by molar-refractivity contribution is 6.18. The molecule has 0 rings (SSSR count). The third-order valence-electron chi connectivity index (χ3n) is 0.897. The molecule has 0 aromatic rings. The summed E-state index contributed by atoms with van der Waals surface area (Å²) in [4.78, 5) is 0. The van der Waals surface area contributed by atoms with Crippen molar-refractivity contribution in [2.45, 2.75) is 13.8 Å². The first kappa shape index (κ1) is 8.25. The number of rotatable bonds is 3. The molecule has 0 saturated carbocycles. The van der Waals surface area contributed by atoms with Gasteiger partial charge in [0.05, 0.1) is 6.61 Å². The molecule has 0 spiro atoms. The molecule has 0 heterocycles. The van der Waals surface area contributed by atoms with Gasteiger partial charge in [0, 0.05) is 18.4 Å². The van der Waals surface area contributed by atoms with Crippen LogP contribution in [0, 0.1) is 5.41 Å². The number of halogens is 1. The van der Waals surface area contributed by atoms with Crippen LogP contribution >= 0.6 is 11.6 Å². The Morgan fingerprint density at radius 2 is 2.00 bits per heavy atom. The van der Waals surface area contributed by atoms with Crippen LogP contribution in [0.2, 0.25) is 0 Å². The average molecular weight is 137 g/mol. The number of methoxy groups -OCH3 is 1. The summed E-state index contributed by atoms with van der Waals surface area (Å²) in [6, 6.07) is 0. The number of ether oxygens (including phenoxy) is 1. The maximum absolute atomic E-state index is 5.59. The van der Waals surface area contributed by atoms with Gasteiger partial charge in [0.1, 0.15) is 0 Å². The smallest absolute Gasteiger partial charge is 0.0524 e. The Kier molecular flexibility index (Phi) is 3.41. The van der Waals surface area contributed by atoms with Gasteiger partial charge >= 0.3 is 0 Å². The Morgan fingerprint density at radius 3 is 2.12 bits per heavy atom. The van der Waals surface area contributed by atoms with Crippen LogP contribution in [0.3, 0.4) is 0 Å². The van der Waals surface area contributed by atoms with Gasteiger partial charge in [-0.25, -0.2) is 0 Å². The lowest BCUT2D eigenvalue weighted by atomic mass is 9.98. The van der Waals surface area contributed by atoms with Crippen molar-refractivity contribution >= 4 is 11.6 Å². The van der Waals surface area contributed by atoms with Crippen LogP contribution in [-0.2, 0) is 4.74 Å². The molecule has 0 unspecified atom stereocenters. The molecule has 0 saturated heterocycles. The predicted molar refractivity (Wildman–Crippen MR) is 36.4 cm³/mol. The summed E-state index contributed by atoms with van der Waals surface area (Å²) < 4.78 is 4.91. The summed E-state index contributed by atoms with van der Waals surface area (Å²) in [5.41, 5.74) is 0.135. The number of hydrogen-bond acceptors (Lipinski definition) is 1. The van der Waals surface area contributed by atoms with Crippen LogP contribution in [0.4, 0.5) is 0 Å². The largest absolute Gasteiger partial charge is 0.384 e. The molecule has 0 aliphatic heterocycles. The average Bonchev–Trinajstić information content (AvgIpc) is 1.67. The molecular weight excluding hydrogens is 124 g/mol. The van der Waals surface area contributed by atoms with Crippen molar-refractivity contribution in [2.24, 2.45) is 5.41 Å².